The van der Waals surface area contributed by atoms with Crippen molar-refractivity contribution in [3.8, 4) is 0 Å². The molecular formula is C6H18N4. The van der Waals surface area contributed by atoms with Crippen molar-refractivity contribution in [2.75, 3.05) is 21.1 Å². The molecule has 0 aliphatic carbocycles. The van der Waals surface area contributed by atoms with Crippen LogP contribution in [0, 0.1) is 0 Å². The molecule has 4 nitrogen and oxygen atoms in total. The first-order valence-corrected chi connectivity index (χ1v) is 3.61. The first-order chi connectivity index (χ1) is 4.79. The van der Waals surface area contributed by atoms with Gasteiger partial charge >= 0.3 is 0 Å². The molecule has 0 aromatic heterocycles. The molecule has 0 radical (unpaired) electrons. The van der Waals surface area contributed by atoms with Gasteiger partial charge in [-0.05, 0) is 13.5 Å². The zero-order valence-corrected chi connectivity index (χ0v) is 7.23. The van der Waals surface area contributed by atoms with E-state index in [-0.39, 0.29) is 0 Å². The molecule has 0 bridgehead atoms. The Hall–Kier alpha value is -0.160. The van der Waals surface area contributed by atoms with Crippen molar-refractivity contribution in [3.05, 3.63) is 0 Å². The van der Waals surface area contributed by atoms with Crippen LogP contribution in [-0.2, 0) is 0 Å². The zero-order chi connectivity index (χ0) is 7.98. The Labute approximate surface area is 62.9 Å². The molecule has 0 aliphatic rings. The van der Waals surface area contributed by atoms with Crippen LogP contribution in [0.25, 0.3) is 0 Å². The number of hydrogen-bond donors (Lipinski definition) is 3. The molecule has 4 heteroatoms. The fourth-order valence-electron chi connectivity index (χ4n) is 0.939. The molecule has 0 fully saturated rings. The van der Waals surface area contributed by atoms with Crippen LogP contribution in [0.4, 0.5) is 0 Å². The summed E-state index contributed by atoms with van der Waals surface area (Å²) in [6, 6.07) is 0. The van der Waals surface area contributed by atoms with Crippen molar-refractivity contribution in [1.82, 2.24) is 21.3 Å². The van der Waals surface area contributed by atoms with Gasteiger partial charge in [0, 0.05) is 14.1 Å². The minimum atomic E-state index is 0.343. The first kappa shape index (κ1) is 9.84. The van der Waals surface area contributed by atoms with Crippen molar-refractivity contribution < 1.29 is 0 Å². The van der Waals surface area contributed by atoms with Crippen LogP contribution in [0.5, 0.6) is 0 Å². The van der Waals surface area contributed by atoms with Gasteiger partial charge in [0.15, 0.2) is 0 Å². The van der Waals surface area contributed by atoms with Gasteiger partial charge in [-0.25, -0.2) is 10.9 Å². The van der Waals surface area contributed by atoms with E-state index in [1.165, 1.54) is 0 Å². The average molecular weight is 146 g/mol. The number of nitrogens with zero attached hydrogens (tertiary/aromatic N) is 1. The molecule has 0 saturated carbocycles. The maximum atomic E-state index is 3.15. The molecule has 0 amide bonds. The first-order valence-electron chi connectivity index (χ1n) is 3.61. The molecule has 0 spiro atoms. The van der Waals surface area contributed by atoms with Gasteiger partial charge in [0.05, 0.1) is 6.17 Å². The van der Waals surface area contributed by atoms with Crippen molar-refractivity contribution in [1.29, 1.82) is 0 Å². The summed E-state index contributed by atoms with van der Waals surface area (Å²) >= 11 is 0. The third-order valence-corrected chi connectivity index (χ3v) is 1.51. The second-order valence-corrected chi connectivity index (χ2v) is 2.03. The smallest absolute Gasteiger partial charge is 0.0885 e. The van der Waals surface area contributed by atoms with Crippen molar-refractivity contribution >= 4 is 0 Å². The van der Waals surface area contributed by atoms with E-state index in [0.717, 1.165) is 6.42 Å². The number of rotatable bonds is 5. The summed E-state index contributed by atoms with van der Waals surface area (Å²) in [6.07, 6.45) is 1.40. The quantitative estimate of drug-likeness (QED) is 0.362. The lowest BCUT2D eigenvalue weighted by Crippen LogP contribution is -2.55. The van der Waals surface area contributed by atoms with Gasteiger partial charge in [-0.15, -0.1) is 0 Å². The maximum absolute atomic E-state index is 3.15. The summed E-state index contributed by atoms with van der Waals surface area (Å²) in [4.78, 5) is 0. The van der Waals surface area contributed by atoms with Gasteiger partial charge < -0.3 is 5.32 Å². The summed E-state index contributed by atoms with van der Waals surface area (Å²) in [5, 5.41) is 5.07. The van der Waals surface area contributed by atoms with Gasteiger partial charge in [-0.3, -0.25) is 0 Å². The van der Waals surface area contributed by atoms with Crippen LogP contribution in [0.15, 0.2) is 0 Å². The van der Waals surface area contributed by atoms with Gasteiger partial charge in [0.2, 0.25) is 0 Å². The molecule has 10 heavy (non-hydrogen) atoms. The second kappa shape index (κ2) is 5.61. The molecule has 1 unspecified atom stereocenters. The van der Waals surface area contributed by atoms with Crippen LogP contribution in [0.3, 0.4) is 0 Å². The molecule has 0 aromatic carbocycles. The normalized spacial score (nSPS) is 14.1. The molecule has 3 N–H and O–H groups in total. The predicted molar refractivity (Wildman–Crippen MR) is 43.1 cm³/mol. The van der Waals surface area contributed by atoms with Crippen LogP contribution < -0.4 is 16.2 Å². The molecule has 0 saturated heterocycles. The standard InChI is InChI=1S/C6H18N4/c1-5-6(7-2)10(8-3)9-4/h6-9H,5H2,1-4H3. The molecule has 1 atom stereocenters. The summed E-state index contributed by atoms with van der Waals surface area (Å²) in [5.41, 5.74) is 6.03. The van der Waals surface area contributed by atoms with Gasteiger partial charge in [-0.2, -0.15) is 5.12 Å². The Kier molecular flexibility index (Phi) is 5.52. The molecule has 62 valence electrons. The molecule has 0 heterocycles. The lowest BCUT2D eigenvalue weighted by molar-refractivity contribution is 0.0643. The van der Waals surface area contributed by atoms with Crippen molar-refractivity contribution in [2.24, 2.45) is 0 Å². The Morgan fingerprint density at radius 3 is 1.80 bits per heavy atom. The van der Waals surface area contributed by atoms with E-state index < -0.39 is 0 Å². The van der Waals surface area contributed by atoms with E-state index in [0.29, 0.717) is 6.17 Å². The van der Waals surface area contributed by atoms with Crippen LogP contribution >= 0.6 is 0 Å². The Bertz CT molecular complexity index is 58.1. The van der Waals surface area contributed by atoms with Crippen molar-refractivity contribution in [2.45, 2.75) is 19.5 Å². The number of hydrazine groups is 2. The molecule has 0 rings (SSSR count). The Morgan fingerprint density at radius 2 is 1.70 bits per heavy atom. The van der Waals surface area contributed by atoms with Gasteiger partial charge in [0.25, 0.3) is 0 Å². The van der Waals surface area contributed by atoms with E-state index in [1.54, 1.807) is 0 Å². The monoisotopic (exact) mass is 146 g/mol. The lowest BCUT2D eigenvalue weighted by atomic mass is 10.4. The zero-order valence-electron chi connectivity index (χ0n) is 7.23. The third-order valence-electron chi connectivity index (χ3n) is 1.51. The Balaban J connectivity index is 3.70. The summed E-state index contributed by atoms with van der Waals surface area (Å²) in [5.74, 6) is 0. The van der Waals surface area contributed by atoms with E-state index in [4.69, 9.17) is 0 Å². The SMILES string of the molecule is CCC(NC)N(NC)NC. The molecular weight excluding hydrogens is 128 g/mol. The summed E-state index contributed by atoms with van der Waals surface area (Å²) in [6.45, 7) is 2.13. The average Bonchev–Trinajstić information content (AvgIpc) is 2.00. The number of hydrogen-bond acceptors (Lipinski definition) is 4. The molecule has 0 aliphatic heterocycles. The molecule has 0 aromatic rings. The van der Waals surface area contributed by atoms with E-state index in [9.17, 15) is 0 Å². The topological polar surface area (TPSA) is 39.3 Å². The summed E-state index contributed by atoms with van der Waals surface area (Å²) < 4.78 is 0. The largest absolute Gasteiger partial charge is 0.303 e. The predicted octanol–water partition coefficient (Wildman–Crippen LogP) is -0.487. The highest BCUT2D eigenvalue weighted by atomic mass is 15.7. The third kappa shape index (κ3) is 2.62. The lowest BCUT2D eigenvalue weighted by Gasteiger charge is -2.28. The fraction of sp³-hybridized carbons (Fsp3) is 1.00. The van der Waals surface area contributed by atoms with Gasteiger partial charge in [-0.1, -0.05) is 6.92 Å². The second-order valence-electron chi connectivity index (χ2n) is 2.03. The van der Waals surface area contributed by atoms with Crippen molar-refractivity contribution in [3.63, 3.8) is 0 Å². The fourth-order valence-corrected chi connectivity index (χ4v) is 0.939. The minimum Gasteiger partial charge on any atom is -0.303 e. The highest BCUT2D eigenvalue weighted by molar-refractivity contribution is 4.55. The van der Waals surface area contributed by atoms with Crippen LogP contribution in [0.1, 0.15) is 13.3 Å². The summed E-state index contributed by atoms with van der Waals surface area (Å²) in [7, 11) is 5.71. The van der Waals surface area contributed by atoms with Gasteiger partial charge in [0.1, 0.15) is 0 Å². The van der Waals surface area contributed by atoms with E-state index in [1.807, 2.05) is 26.3 Å². The minimum absolute atomic E-state index is 0.343. The number of nitrogens with one attached hydrogen (secondary N) is 3. The maximum Gasteiger partial charge on any atom is 0.0885 e. The Morgan fingerprint density at radius 1 is 1.20 bits per heavy atom. The van der Waals surface area contributed by atoms with E-state index in [2.05, 4.69) is 23.1 Å². The van der Waals surface area contributed by atoms with Crippen LogP contribution in [-0.4, -0.2) is 32.4 Å². The van der Waals surface area contributed by atoms with E-state index >= 15 is 0 Å². The highest BCUT2D eigenvalue weighted by Crippen LogP contribution is 1.90. The van der Waals surface area contributed by atoms with Crippen LogP contribution in [0.2, 0.25) is 0 Å². The highest BCUT2D eigenvalue weighted by Gasteiger charge is 2.09.